The van der Waals surface area contributed by atoms with Crippen LogP contribution in [0.5, 0.6) is 0 Å². The van der Waals surface area contributed by atoms with Crippen LogP contribution in [0.4, 0.5) is 11.4 Å². The lowest BCUT2D eigenvalue weighted by Crippen LogP contribution is -2.15. The maximum absolute atomic E-state index is 4.53. The lowest BCUT2D eigenvalue weighted by Gasteiger charge is -2.28. The highest BCUT2D eigenvalue weighted by molar-refractivity contribution is 5.99. The molecule has 0 amide bonds. The summed E-state index contributed by atoms with van der Waals surface area (Å²) in [5.74, 6) is 0. The Bertz CT molecular complexity index is 2380. The van der Waals surface area contributed by atoms with Crippen molar-refractivity contribution < 1.29 is 0 Å². The SMILES string of the molecule is C=C/C=C\c1ccc(-c2ccc(N(C(=C)CCC=C)c3cccc(-c4ccc(-c5cc6ccccc6c(C=C)c5C=C)cc4)c3)cc2)cc1/C=C\C=C. The van der Waals surface area contributed by atoms with Gasteiger partial charge < -0.3 is 4.90 Å². The van der Waals surface area contributed by atoms with Gasteiger partial charge in [-0.2, -0.15) is 0 Å². The molecule has 258 valence electrons. The normalized spacial score (nSPS) is 11.1. The standard InChI is InChI=1S/C52H45N/c1-7-12-18-38(6)53(47-33-31-41(32-34-47)45-30-27-39(19-13-8-2)43(35-45)20-14-9-3)48-23-17-22-44(36-48)40-25-28-42(29-26-40)52-37-46-21-15-16-24-51(46)49(10-4)50(52)11-5/h7-11,13-17,19-37H,1-6,12,18H2/b19-13-,20-14-. The van der Waals surface area contributed by atoms with Crippen molar-refractivity contribution in [1.82, 2.24) is 0 Å². The molecule has 0 heterocycles. The maximum Gasteiger partial charge on any atom is 0.0464 e. The Hall–Kier alpha value is -6.70. The van der Waals surface area contributed by atoms with E-state index in [4.69, 9.17) is 0 Å². The smallest absolute Gasteiger partial charge is 0.0464 e. The lowest BCUT2D eigenvalue weighted by atomic mass is 9.89. The number of allylic oxidation sites excluding steroid dienone is 6. The first-order valence-electron chi connectivity index (χ1n) is 17.9. The summed E-state index contributed by atoms with van der Waals surface area (Å²) < 4.78 is 0. The molecule has 0 saturated heterocycles. The molecule has 1 heteroatoms. The molecule has 0 atom stereocenters. The van der Waals surface area contributed by atoms with Gasteiger partial charge in [0.05, 0.1) is 0 Å². The lowest BCUT2D eigenvalue weighted by molar-refractivity contribution is 0.940. The number of rotatable bonds is 15. The summed E-state index contributed by atoms with van der Waals surface area (Å²) in [6, 6.07) is 43.4. The first kappa shape index (κ1) is 36.1. The third-order valence-corrected chi connectivity index (χ3v) is 9.50. The summed E-state index contributed by atoms with van der Waals surface area (Å²) in [5.41, 5.74) is 14.4. The van der Waals surface area contributed by atoms with Crippen molar-refractivity contribution in [2.45, 2.75) is 12.8 Å². The number of hydrogen-bond donors (Lipinski definition) is 0. The van der Waals surface area contributed by atoms with Crippen LogP contribution in [0.2, 0.25) is 0 Å². The molecular formula is C52H45N. The number of anilines is 2. The predicted octanol–water partition coefficient (Wildman–Crippen LogP) is 15.1. The molecule has 0 N–H and O–H groups in total. The zero-order chi connectivity index (χ0) is 37.2. The highest BCUT2D eigenvalue weighted by Crippen LogP contribution is 2.38. The van der Waals surface area contributed by atoms with Gasteiger partial charge in [0.2, 0.25) is 0 Å². The highest BCUT2D eigenvalue weighted by Gasteiger charge is 2.16. The van der Waals surface area contributed by atoms with Gasteiger partial charge in [0.15, 0.2) is 0 Å². The molecular weight excluding hydrogens is 639 g/mol. The van der Waals surface area contributed by atoms with Gasteiger partial charge in [-0.15, -0.1) is 6.58 Å². The van der Waals surface area contributed by atoms with Gasteiger partial charge >= 0.3 is 0 Å². The fraction of sp³-hybridized carbons (Fsp3) is 0.0385. The summed E-state index contributed by atoms with van der Waals surface area (Å²) in [6.45, 7) is 24.4. The molecule has 0 aliphatic carbocycles. The zero-order valence-corrected chi connectivity index (χ0v) is 30.3. The minimum Gasteiger partial charge on any atom is -0.315 e. The van der Waals surface area contributed by atoms with Crippen molar-refractivity contribution in [1.29, 1.82) is 0 Å². The van der Waals surface area contributed by atoms with Gasteiger partial charge in [-0.1, -0.05) is 173 Å². The molecule has 1 nitrogen and oxygen atoms in total. The molecule has 0 bridgehead atoms. The van der Waals surface area contributed by atoms with Crippen LogP contribution in [0.25, 0.3) is 68.5 Å². The van der Waals surface area contributed by atoms with E-state index >= 15 is 0 Å². The van der Waals surface area contributed by atoms with Crippen LogP contribution in [-0.4, -0.2) is 0 Å². The third-order valence-electron chi connectivity index (χ3n) is 9.50. The molecule has 0 aliphatic rings. The molecule has 0 spiro atoms. The van der Waals surface area contributed by atoms with E-state index in [9.17, 15) is 0 Å². The fourth-order valence-electron chi connectivity index (χ4n) is 6.83. The molecule has 0 fully saturated rings. The number of fused-ring (bicyclic) bond motifs is 1. The average molecular weight is 684 g/mol. The minimum absolute atomic E-state index is 0.799. The van der Waals surface area contributed by atoms with Gasteiger partial charge in [0, 0.05) is 17.1 Å². The molecule has 0 aromatic heterocycles. The van der Waals surface area contributed by atoms with E-state index in [-0.39, 0.29) is 0 Å². The third kappa shape index (κ3) is 7.96. The Morgan fingerprint density at radius 3 is 1.83 bits per heavy atom. The molecule has 0 aliphatic heterocycles. The largest absolute Gasteiger partial charge is 0.315 e. The van der Waals surface area contributed by atoms with E-state index in [0.717, 1.165) is 85.5 Å². The van der Waals surface area contributed by atoms with E-state index in [1.54, 1.807) is 12.2 Å². The van der Waals surface area contributed by atoms with Crippen LogP contribution in [0, 0.1) is 0 Å². The molecule has 0 saturated carbocycles. The number of benzene rings is 6. The van der Waals surface area contributed by atoms with Crippen LogP contribution >= 0.6 is 0 Å². The van der Waals surface area contributed by atoms with E-state index in [0.29, 0.717) is 0 Å². The van der Waals surface area contributed by atoms with Crippen LogP contribution in [0.3, 0.4) is 0 Å². The summed E-state index contributed by atoms with van der Waals surface area (Å²) in [6.07, 6.45) is 19.1. The van der Waals surface area contributed by atoms with Crippen molar-refractivity contribution in [3.63, 3.8) is 0 Å². The summed E-state index contributed by atoms with van der Waals surface area (Å²) in [4.78, 5) is 2.26. The maximum atomic E-state index is 4.53. The highest BCUT2D eigenvalue weighted by atomic mass is 15.1. The van der Waals surface area contributed by atoms with Gasteiger partial charge in [0.1, 0.15) is 0 Å². The topological polar surface area (TPSA) is 3.24 Å². The quantitative estimate of drug-likeness (QED) is 0.0769. The molecule has 0 radical (unpaired) electrons. The Kier molecular flexibility index (Phi) is 11.6. The summed E-state index contributed by atoms with van der Waals surface area (Å²) in [7, 11) is 0. The predicted molar refractivity (Wildman–Crippen MR) is 236 cm³/mol. The second-order valence-electron chi connectivity index (χ2n) is 12.8. The number of nitrogens with zero attached hydrogens (tertiary/aromatic N) is 1. The van der Waals surface area contributed by atoms with Crippen molar-refractivity contribution in [2.75, 3.05) is 4.90 Å². The van der Waals surface area contributed by atoms with Gasteiger partial charge in [-0.3, -0.25) is 0 Å². The molecule has 53 heavy (non-hydrogen) atoms. The van der Waals surface area contributed by atoms with Crippen LogP contribution in [-0.2, 0) is 0 Å². The zero-order valence-electron chi connectivity index (χ0n) is 30.3. The minimum atomic E-state index is 0.799. The first-order chi connectivity index (χ1) is 26.0. The van der Waals surface area contributed by atoms with E-state index in [1.807, 2.05) is 30.4 Å². The summed E-state index contributed by atoms with van der Waals surface area (Å²) in [5, 5.41) is 2.37. The molecule has 0 unspecified atom stereocenters. The van der Waals surface area contributed by atoms with Crippen molar-refractivity contribution >= 4 is 46.5 Å². The summed E-state index contributed by atoms with van der Waals surface area (Å²) >= 11 is 0. The van der Waals surface area contributed by atoms with Crippen LogP contribution in [0.1, 0.15) is 35.1 Å². The van der Waals surface area contributed by atoms with Gasteiger partial charge in [-0.05, 0) is 116 Å². The van der Waals surface area contributed by atoms with E-state index < -0.39 is 0 Å². The monoisotopic (exact) mass is 683 g/mol. The van der Waals surface area contributed by atoms with E-state index in [2.05, 4.69) is 178 Å². The van der Waals surface area contributed by atoms with Gasteiger partial charge in [-0.25, -0.2) is 0 Å². The second kappa shape index (κ2) is 17.0. The van der Waals surface area contributed by atoms with Crippen molar-refractivity contribution in [3.05, 3.63) is 219 Å². The fourth-order valence-corrected chi connectivity index (χ4v) is 6.83. The van der Waals surface area contributed by atoms with Crippen LogP contribution < -0.4 is 4.90 Å². The Morgan fingerprint density at radius 1 is 0.528 bits per heavy atom. The van der Waals surface area contributed by atoms with Crippen molar-refractivity contribution in [2.24, 2.45) is 0 Å². The van der Waals surface area contributed by atoms with Crippen LogP contribution in [0.15, 0.2) is 197 Å². The second-order valence-corrected chi connectivity index (χ2v) is 12.8. The van der Waals surface area contributed by atoms with E-state index in [1.165, 1.54) is 10.8 Å². The Morgan fingerprint density at radius 2 is 1.15 bits per heavy atom. The molecule has 6 aromatic rings. The molecule has 6 rings (SSSR count). The molecule has 6 aromatic carbocycles. The Labute approximate surface area is 315 Å². The average Bonchev–Trinajstić information content (AvgIpc) is 3.21. The first-order valence-corrected chi connectivity index (χ1v) is 17.9. The van der Waals surface area contributed by atoms with Crippen molar-refractivity contribution in [3.8, 4) is 33.4 Å². The number of hydrogen-bond acceptors (Lipinski definition) is 1. The van der Waals surface area contributed by atoms with Gasteiger partial charge in [0.25, 0.3) is 0 Å². The Balaban J connectivity index is 1.33.